The van der Waals surface area contributed by atoms with Crippen molar-refractivity contribution in [2.45, 2.75) is 39.3 Å². The van der Waals surface area contributed by atoms with E-state index in [-0.39, 0.29) is 11.4 Å². The third-order valence-electron chi connectivity index (χ3n) is 7.21. The van der Waals surface area contributed by atoms with Crippen molar-refractivity contribution in [3.05, 3.63) is 78.2 Å². The number of nitrogens with zero attached hydrogens (tertiary/aromatic N) is 5. The molecule has 37 heavy (non-hydrogen) atoms. The van der Waals surface area contributed by atoms with E-state index in [2.05, 4.69) is 76.7 Å². The number of hydrogen-bond acceptors (Lipinski definition) is 4. The van der Waals surface area contributed by atoms with Crippen LogP contribution in [0, 0.1) is 17.2 Å². The van der Waals surface area contributed by atoms with Gasteiger partial charge in [-0.15, -0.1) is 0 Å². The van der Waals surface area contributed by atoms with Gasteiger partial charge < -0.3 is 14.8 Å². The lowest BCUT2D eigenvalue weighted by Gasteiger charge is -2.23. The molecule has 0 spiro atoms. The number of imidazole rings is 1. The lowest BCUT2D eigenvalue weighted by atomic mass is 10.1. The molecule has 0 saturated carbocycles. The van der Waals surface area contributed by atoms with Crippen molar-refractivity contribution in [2.75, 3.05) is 18.0 Å². The van der Waals surface area contributed by atoms with Gasteiger partial charge in [-0.05, 0) is 74.2 Å². The van der Waals surface area contributed by atoms with Gasteiger partial charge in [0, 0.05) is 61.4 Å². The van der Waals surface area contributed by atoms with Gasteiger partial charge in [0.15, 0.2) is 5.82 Å². The van der Waals surface area contributed by atoms with Crippen molar-refractivity contribution in [1.29, 1.82) is 5.26 Å². The summed E-state index contributed by atoms with van der Waals surface area (Å²) in [6.07, 6.45) is 6.54. The minimum atomic E-state index is 0.0358. The smallest absolute Gasteiger partial charge is 0.227 e. The Morgan fingerprint density at radius 2 is 1.92 bits per heavy atom. The van der Waals surface area contributed by atoms with Crippen LogP contribution in [0.15, 0.2) is 67.1 Å². The number of hydrogen-bond donors (Lipinski definition) is 1. The first-order chi connectivity index (χ1) is 17.8. The highest BCUT2D eigenvalue weighted by Crippen LogP contribution is 2.36. The van der Waals surface area contributed by atoms with Crippen LogP contribution < -0.4 is 10.2 Å². The van der Waals surface area contributed by atoms with Gasteiger partial charge >= 0.3 is 0 Å². The molecule has 0 unspecified atom stereocenters. The van der Waals surface area contributed by atoms with Gasteiger partial charge in [0.25, 0.3) is 0 Å². The van der Waals surface area contributed by atoms with E-state index in [1.165, 1.54) is 0 Å². The molecular weight excluding hydrogens is 460 g/mol. The second-order valence-electron chi connectivity index (χ2n) is 11.1. The largest absolute Gasteiger partial charge is 0.340 e. The lowest BCUT2D eigenvalue weighted by molar-refractivity contribution is -0.117. The molecule has 1 N–H and O–H groups in total. The number of carbonyl (C=O) groups excluding carboxylic acids is 1. The molecule has 4 heterocycles. The van der Waals surface area contributed by atoms with Crippen LogP contribution in [0.25, 0.3) is 28.3 Å². The number of anilines is 1. The monoisotopic (exact) mass is 490 g/mol. The Morgan fingerprint density at radius 1 is 1.11 bits per heavy atom. The third-order valence-corrected chi connectivity index (χ3v) is 7.21. The Kier molecular flexibility index (Phi) is 5.50. The Bertz CT molecular complexity index is 1530. The van der Waals surface area contributed by atoms with E-state index in [1.807, 2.05) is 41.6 Å². The molecule has 186 valence electrons. The maximum absolute atomic E-state index is 13.0. The Balaban J connectivity index is 1.33. The number of carbonyl (C=O) groups is 1. The molecule has 1 fully saturated rings. The standard InChI is InChI=1S/C30H30N6O/c1-30(2,3)33-16-21-12-28(37)36(17-21)25-8-9-26-24(13-25)19-34-18-23(22-6-4-20(15-31)5-7-22)14-27(34)29-32-10-11-35(26)29/h4-11,13-14,18,21,33H,12,16-17,19H2,1-3H3/t21-/m1/s1. The zero-order chi connectivity index (χ0) is 25.7. The van der Waals surface area contributed by atoms with Crippen molar-refractivity contribution in [3.63, 3.8) is 0 Å². The highest BCUT2D eigenvalue weighted by molar-refractivity contribution is 5.96. The zero-order valence-corrected chi connectivity index (χ0v) is 21.4. The first-order valence-corrected chi connectivity index (χ1v) is 12.7. The van der Waals surface area contributed by atoms with Crippen molar-refractivity contribution >= 4 is 11.6 Å². The van der Waals surface area contributed by atoms with Crippen LogP contribution in [0.3, 0.4) is 0 Å². The molecule has 1 amide bonds. The molecule has 7 heteroatoms. The number of amides is 1. The molecule has 2 aliphatic heterocycles. The highest BCUT2D eigenvalue weighted by Gasteiger charge is 2.32. The van der Waals surface area contributed by atoms with Gasteiger partial charge in [0.05, 0.1) is 23.0 Å². The third kappa shape index (κ3) is 4.34. The average molecular weight is 491 g/mol. The predicted octanol–water partition coefficient (Wildman–Crippen LogP) is 4.98. The summed E-state index contributed by atoms with van der Waals surface area (Å²) < 4.78 is 4.35. The minimum Gasteiger partial charge on any atom is -0.340 e. The maximum Gasteiger partial charge on any atom is 0.227 e. The van der Waals surface area contributed by atoms with E-state index in [0.717, 1.165) is 52.7 Å². The van der Waals surface area contributed by atoms with E-state index in [1.54, 1.807) is 0 Å². The fraction of sp³-hybridized carbons (Fsp3) is 0.300. The average Bonchev–Trinajstić information content (AvgIpc) is 3.59. The Labute approximate surface area is 217 Å². The van der Waals surface area contributed by atoms with Crippen molar-refractivity contribution in [2.24, 2.45) is 5.92 Å². The molecule has 4 aromatic rings. The zero-order valence-electron chi connectivity index (χ0n) is 21.4. The summed E-state index contributed by atoms with van der Waals surface area (Å²) in [7, 11) is 0. The summed E-state index contributed by atoms with van der Waals surface area (Å²) in [5, 5.41) is 12.7. The molecule has 1 saturated heterocycles. The normalized spacial score (nSPS) is 16.6. The summed E-state index contributed by atoms with van der Waals surface area (Å²) >= 11 is 0. The van der Waals surface area contributed by atoms with Crippen LogP contribution in [0.2, 0.25) is 0 Å². The van der Waals surface area contributed by atoms with Gasteiger partial charge in [-0.1, -0.05) is 12.1 Å². The van der Waals surface area contributed by atoms with Gasteiger partial charge in [-0.2, -0.15) is 5.26 Å². The van der Waals surface area contributed by atoms with Gasteiger partial charge in [0.1, 0.15) is 0 Å². The van der Waals surface area contributed by atoms with Crippen LogP contribution in [0.5, 0.6) is 0 Å². The van der Waals surface area contributed by atoms with E-state index in [4.69, 9.17) is 5.26 Å². The quantitative estimate of drug-likeness (QED) is 0.385. The van der Waals surface area contributed by atoms with Gasteiger partial charge in [-0.25, -0.2) is 4.98 Å². The predicted molar refractivity (Wildman–Crippen MR) is 144 cm³/mol. The molecule has 6 rings (SSSR count). The Hall–Kier alpha value is -4.15. The molecular formula is C30H30N6O. The minimum absolute atomic E-state index is 0.0358. The summed E-state index contributed by atoms with van der Waals surface area (Å²) in [6, 6.07) is 18.3. The van der Waals surface area contributed by atoms with Crippen LogP contribution >= 0.6 is 0 Å². The Morgan fingerprint density at radius 3 is 2.68 bits per heavy atom. The second-order valence-corrected chi connectivity index (χ2v) is 11.1. The summed E-state index contributed by atoms with van der Waals surface area (Å²) in [6.45, 7) is 8.70. The second kappa shape index (κ2) is 8.75. The summed E-state index contributed by atoms with van der Waals surface area (Å²) in [4.78, 5) is 19.6. The molecule has 2 aliphatic rings. The summed E-state index contributed by atoms with van der Waals surface area (Å²) in [5.41, 5.74) is 7.03. The van der Waals surface area contributed by atoms with Crippen LogP contribution in [0.4, 0.5) is 5.69 Å². The molecule has 7 nitrogen and oxygen atoms in total. The molecule has 2 aromatic heterocycles. The van der Waals surface area contributed by atoms with Crippen molar-refractivity contribution < 1.29 is 4.79 Å². The molecule has 1 atom stereocenters. The van der Waals surface area contributed by atoms with E-state index < -0.39 is 0 Å². The summed E-state index contributed by atoms with van der Waals surface area (Å²) in [5.74, 6) is 1.37. The first kappa shape index (κ1) is 23.3. The number of fused-ring (bicyclic) bond motifs is 5. The molecule has 0 radical (unpaired) electrons. The maximum atomic E-state index is 13.0. The molecule has 0 bridgehead atoms. The van der Waals surface area contributed by atoms with Gasteiger partial charge in [-0.3, -0.25) is 9.36 Å². The van der Waals surface area contributed by atoms with Crippen LogP contribution in [0.1, 0.15) is 38.3 Å². The number of nitriles is 1. The SMILES string of the molecule is CC(C)(C)NC[C@H]1CC(=O)N(c2ccc3c(c2)Cn2cc(-c4ccc(C#N)cc4)cc2-c2nccn2-3)C1. The van der Waals surface area contributed by atoms with Crippen molar-refractivity contribution in [1.82, 2.24) is 19.4 Å². The first-order valence-electron chi connectivity index (χ1n) is 12.7. The number of benzene rings is 2. The number of nitrogens with one attached hydrogen (secondary N) is 1. The highest BCUT2D eigenvalue weighted by atomic mass is 16.2. The number of aromatic nitrogens is 3. The fourth-order valence-electron chi connectivity index (χ4n) is 5.31. The number of rotatable bonds is 4. The molecule has 2 aromatic carbocycles. The fourth-order valence-corrected chi connectivity index (χ4v) is 5.31. The van der Waals surface area contributed by atoms with Crippen LogP contribution in [-0.2, 0) is 11.3 Å². The van der Waals surface area contributed by atoms with Gasteiger partial charge in [0.2, 0.25) is 5.91 Å². The lowest BCUT2D eigenvalue weighted by Crippen LogP contribution is -2.39. The van der Waals surface area contributed by atoms with E-state index >= 15 is 0 Å². The topological polar surface area (TPSA) is 78.9 Å². The molecule has 0 aliphatic carbocycles. The van der Waals surface area contributed by atoms with E-state index in [0.29, 0.717) is 24.4 Å². The van der Waals surface area contributed by atoms with Crippen LogP contribution in [-0.4, -0.2) is 38.7 Å². The van der Waals surface area contributed by atoms with Crippen molar-refractivity contribution in [3.8, 4) is 34.4 Å². The van der Waals surface area contributed by atoms with E-state index in [9.17, 15) is 4.79 Å².